The minimum Gasteiger partial charge on any atom is -0.497 e. The van der Waals surface area contributed by atoms with Crippen LogP contribution in [0.1, 0.15) is 28.9 Å². The van der Waals surface area contributed by atoms with E-state index in [-0.39, 0.29) is 5.78 Å². The topological polar surface area (TPSA) is 54.9 Å². The van der Waals surface area contributed by atoms with E-state index in [9.17, 15) is 4.79 Å². The first-order valence-electron chi connectivity index (χ1n) is 10.4. The SMILES string of the molecule is COc1ccc(CN2CCN(C3(C(=O)c4ccccn4)CCOCC3)CC2)cc1. The van der Waals surface area contributed by atoms with Crippen molar-refractivity contribution in [1.82, 2.24) is 14.8 Å². The van der Waals surface area contributed by atoms with E-state index in [1.165, 1.54) is 5.56 Å². The maximum atomic E-state index is 13.5. The normalized spacial score (nSPS) is 20.3. The first-order valence-corrected chi connectivity index (χ1v) is 10.4. The van der Waals surface area contributed by atoms with Gasteiger partial charge in [-0.15, -0.1) is 0 Å². The van der Waals surface area contributed by atoms with Crippen molar-refractivity contribution in [2.45, 2.75) is 24.9 Å². The van der Waals surface area contributed by atoms with Gasteiger partial charge in [-0.1, -0.05) is 18.2 Å². The van der Waals surface area contributed by atoms with E-state index in [1.54, 1.807) is 13.3 Å². The highest BCUT2D eigenvalue weighted by molar-refractivity contribution is 6.01. The summed E-state index contributed by atoms with van der Waals surface area (Å²) in [6.07, 6.45) is 3.18. The molecule has 2 fully saturated rings. The molecule has 29 heavy (non-hydrogen) atoms. The van der Waals surface area contributed by atoms with E-state index in [2.05, 4.69) is 26.9 Å². The molecule has 2 aliphatic rings. The predicted molar refractivity (Wildman–Crippen MR) is 111 cm³/mol. The molecule has 0 bridgehead atoms. The Morgan fingerprint density at radius 2 is 1.79 bits per heavy atom. The third kappa shape index (κ3) is 4.34. The predicted octanol–water partition coefficient (Wildman–Crippen LogP) is 2.64. The zero-order valence-corrected chi connectivity index (χ0v) is 17.0. The van der Waals surface area contributed by atoms with Crippen LogP contribution in [0.25, 0.3) is 0 Å². The number of benzene rings is 1. The molecule has 0 amide bonds. The molecule has 0 atom stereocenters. The minimum atomic E-state index is -0.487. The van der Waals surface area contributed by atoms with Crippen LogP contribution in [0.5, 0.6) is 5.75 Å². The van der Waals surface area contributed by atoms with Crippen LogP contribution in [0.4, 0.5) is 0 Å². The van der Waals surface area contributed by atoms with Crippen molar-refractivity contribution >= 4 is 5.78 Å². The minimum absolute atomic E-state index is 0.144. The summed E-state index contributed by atoms with van der Waals surface area (Å²) in [5.41, 5.74) is 1.36. The monoisotopic (exact) mass is 395 g/mol. The molecular weight excluding hydrogens is 366 g/mol. The van der Waals surface area contributed by atoms with Gasteiger partial charge in [0.1, 0.15) is 11.4 Å². The number of hydrogen-bond donors (Lipinski definition) is 0. The molecule has 0 unspecified atom stereocenters. The Balaban J connectivity index is 1.43. The lowest BCUT2D eigenvalue weighted by Gasteiger charge is -2.48. The zero-order chi connectivity index (χ0) is 20.1. The molecule has 4 rings (SSSR count). The number of rotatable bonds is 6. The van der Waals surface area contributed by atoms with E-state index >= 15 is 0 Å². The number of hydrogen-bond acceptors (Lipinski definition) is 6. The lowest BCUT2D eigenvalue weighted by Crippen LogP contribution is -2.62. The highest BCUT2D eigenvalue weighted by Crippen LogP contribution is 2.32. The number of ether oxygens (including phenoxy) is 2. The van der Waals surface area contributed by atoms with E-state index < -0.39 is 5.54 Å². The molecule has 0 saturated carbocycles. The van der Waals surface area contributed by atoms with Gasteiger partial charge < -0.3 is 9.47 Å². The van der Waals surface area contributed by atoms with Crippen molar-refractivity contribution < 1.29 is 14.3 Å². The van der Waals surface area contributed by atoms with Gasteiger partial charge in [0.15, 0.2) is 0 Å². The van der Waals surface area contributed by atoms with Crippen LogP contribution in [0.3, 0.4) is 0 Å². The van der Waals surface area contributed by atoms with Crippen LogP contribution in [0.15, 0.2) is 48.7 Å². The number of nitrogens with zero attached hydrogens (tertiary/aromatic N) is 3. The number of aromatic nitrogens is 1. The summed E-state index contributed by atoms with van der Waals surface area (Å²) in [5.74, 6) is 1.03. The second kappa shape index (κ2) is 9.03. The standard InChI is InChI=1S/C23H29N3O3/c1-28-20-7-5-19(6-8-20)18-25-12-14-26(15-13-25)23(9-16-29-17-10-23)22(27)21-4-2-3-11-24-21/h2-8,11H,9-10,12-18H2,1H3. The fourth-order valence-corrected chi connectivity index (χ4v) is 4.45. The molecule has 1 aromatic carbocycles. The molecule has 154 valence electrons. The lowest BCUT2D eigenvalue weighted by molar-refractivity contribution is -0.0340. The summed E-state index contributed by atoms with van der Waals surface area (Å²) in [6.45, 7) is 5.84. The van der Waals surface area contributed by atoms with Crippen molar-refractivity contribution in [3.63, 3.8) is 0 Å². The number of methoxy groups -OCH3 is 1. The molecule has 0 aliphatic carbocycles. The summed E-state index contributed by atoms with van der Waals surface area (Å²) >= 11 is 0. The van der Waals surface area contributed by atoms with Gasteiger partial charge in [0, 0.05) is 52.1 Å². The van der Waals surface area contributed by atoms with Crippen LogP contribution >= 0.6 is 0 Å². The quantitative estimate of drug-likeness (QED) is 0.701. The number of ketones is 1. The molecule has 0 N–H and O–H groups in total. The third-order valence-electron chi connectivity index (χ3n) is 6.18. The van der Waals surface area contributed by atoms with Gasteiger partial charge in [0.05, 0.1) is 12.6 Å². The first-order chi connectivity index (χ1) is 14.2. The fourth-order valence-electron chi connectivity index (χ4n) is 4.45. The molecule has 6 heteroatoms. The maximum absolute atomic E-state index is 13.5. The second-order valence-corrected chi connectivity index (χ2v) is 7.80. The van der Waals surface area contributed by atoms with E-state index in [4.69, 9.17) is 9.47 Å². The lowest BCUT2D eigenvalue weighted by atomic mass is 9.81. The van der Waals surface area contributed by atoms with Gasteiger partial charge in [0.2, 0.25) is 5.78 Å². The smallest absolute Gasteiger partial charge is 0.201 e. The highest BCUT2D eigenvalue weighted by atomic mass is 16.5. The fraction of sp³-hybridized carbons (Fsp3) is 0.478. The average molecular weight is 396 g/mol. The summed E-state index contributed by atoms with van der Waals surface area (Å²) in [5, 5.41) is 0. The van der Waals surface area contributed by atoms with Gasteiger partial charge in [-0.05, 0) is 42.7 Å². The number of Topliss-reactive ketones (excluding diaryl/α,β-unsaturated/α-hetero) is 1. The van der Waals surface area contributed by atoms with Crippen molar-refractivity contribution in [3.05, 3.63) is 59.9 Å². The molecule has 2 aliphatic heterocycles. The maximum Gasteiger partial charge on any atom is 0.201 e. The van der Waals surface area contributed by atoms with Crippen LogP contribution in [-0.2, 0) is 11.3 Å². The number of carbonyl (C=O) groups is 1. The molecule has 2 saturated heterocycles. The molecule has 1 aromatic heterocycles. The molecule has 2 aromatic rings. The Morgan fingerprint density at radius 1 is 1.07 bits per heavy atom. The Hall–Kier alpha value is -2.28. The van der Waals surface area contributed by atoms with Gasteiger partial charge in [0.25, 0.3) is 0 Å². The molecule has 3 heterocycles. The van der Waals surface area contributed by atoms with Gasteiger partial charge >= 0.3 is 0 Å². The molecule has 0 radical (unpaired) electrons. The average Bonchev–Trinajstić information content (AvgIpc) is 2.80. The van der Waals surface area contributed by atoms with Gasteiger partial charge in [-0.2, -0.15) is 0 Å². The summed E-state index contributed by atoms with van der Waals surface area (Å²) < 4.78 is 10.8. The van der Waals surface area contributed by atoms with Crippen molar-refractivity contribution in [1.29, 1.82) is 0 Å². The van der Waals surface area contributed by atoms with Crippen LogP contribution < -0.4 is 4.74 Å². The Kier molecular flexibility index (Phi) is 6.23. The van der Waals surface area contributed by atoms with E-state index in [0.717, 1.165) is 51.3 Å². The number of carbonyl (C=O) groups excluding carboxylic acids is 1. The van der Waals surface area contributed by atoms with Crippen molar-refractivity contribution in [3.8, 4) is 5.75 Å². The summed E-state index contributed by atoms with van der Waals surface area (Å²) in [4.78, 5) is 22.7. The summed E-state index contributed by atoms with van der Waals surface area (Å²) in [7, 11) is 1.69. The van der Waals surface area contributed by atoms with E-state index in [0.29, 0.717) is 18.9 Å². The van der Waals surface area contributed by atoms with Crippen molar-refractivity contribution in [2.24, 2.45) is 0 Å². The second-order valence-electron chi connectivity index (χ2n) is 7.80. The Bertz CT molecular complexity index is 796. The zero-order valence-electron chi connectivity index (χ0n) is 17.0. The molecule has 0 spiro atoms. The van der Waals surface area contributed by atoms with Crippen LogP contribution in [0, 0.1) is 0 Å². The Morgan fingerprint density at radius 3 is 2.41 bits per heavy atom. The molecular formula is C23H29N3O3. The molecule has 6 nitrogen and oxygen atoms in total. The largest absolute Gasteiger partial charge is 0.497 e. The number of piperazine rings is 1. The Labute approximate surface area is 172 Å². The summed E-state index contributed by atoms with van der Waals surface area (Å²) in [6, 6.07) is 13.8. The van der Waals surface area contributed by atoms with E-state index in [1.807, 2.05) is 30.3 Å². The number of pyridine rings is 1. The van der Waals surface area contributed by atoms with Crippen LogP contribution in [0.2, 0.25) is 0 Å². The van der Waals surface area contributed by atoms with Crippen LogP contribution in [-0.4, -0.2) is 72.6 Å². The van der Waals surface area contributed by atoms with Gasteiger partial charge in [-0.3, -0.25) is 19.6 Å². The first kappa shape index (κ1) is 20.0. The van der Waals surface area contributed by atoms with Gasteiger partial charge in [-0.25, -0.2) is 0 Å². The highest BCUT2D eigenvalue weighted by Gasteiger charge is 2.46. The van der Waals surface area contributed by atoms with Crippen molar-refractivity contribution in [2.75, 3.05) is 46.5 Å². The third-order valence-corrected chi connectivity index (χ3v) is 6.18.